The molecule has 0 saturated heterocycles. The Morgan fingerprint density at radius 2 is 1.71 bits per heavy atom. The predicted molar refractivity (Wildman–Crippen MR) is 184 cm³/mol. The van der Waals surface area contributed by atoms with Gasteiger partial charge in [0.25, 0.3) is 0 Å². The molecule has 1 aliphatic carbocycles. The first-order valence-corrected chi connectivity index (χ1v) is 14.7. The zero-order valence-corrected chi connectivity index (χ0v) is 25.2. The van der Waals surface area contributed by atoms with Gasteiger partial charge in [0.1, 0.15) is 0 Å². The lowest BCUT2D eigenvalue weighted by molar-refractivity contribution is 0.821. The lowest BCUT2D eigenvalue weighted by Crippen LogP contribution is -2.20. The largest absolute Gasteiger partial charge is 0.398 e. The quantitative estimate of drug-likeness (QED) is 0.141. The molecular weight excluding hydrogens is 512 g/mol. The van der Waals surface area contributed by atoms with E-state index in [1.54, 1.807) is 0 Å². The molecule has 214 valence electrons. The minimum Gasteiger partial charge on any atom is -0.398 e. The average Bonchev–Trinajstić information content (AvgIpc) is 3.28. The number of anilines is 2. The molecule has 0 bridgehead atoms. The van der Waals surface area contributed by atoms with Crippen LogP contribution in [0.1, 0.15) is 56.3 Å². The molecular formula is C38H42N4. The van der Waals surface area contributed by atoms with Crippen LogP contribution in [0.3, 0.4) is 0 Å². The Balaban J connectivity index is 1.88. The van der Waals surface area contributed by atoms with Crippen LogP contribution in [0.25, 0.3) is 5.57 Å². The van der Waals surface area contributed by atoms with Gasteiger partial charge in [-0.1, -0.05) is 110 Å². The van der Waals surface area contributed by atoms with Crippen LogP contribution in [0, 0.1) is 0 Å². The SMILES string of the molecule is C/C=C\C(=C/CC)CN=C(C(=NC(C)c1ccccc1)C1=CC=C(c2cc(NC)ccc2N)C=CC1)c1ccccc1. The number of aliphatic imine (C=N–C) groups is 2. The molecule has 0 fully saturated rings. The fraction of sp³-hybridized carbons (Fsp3) is 0.211. The molecule has 1 aliphatic rings. The number of nitrogen functional groups attached to an aromatic ring is 1. The molecule has 0 saturated carbocycles. The number of nitrogens with one attached hydrogen (secondary N) is 1. The molecule has 42 heavy (non-hydrogen) atoms. The Kier molecular flexibility index (Phi) is 11.1. The van der Waals surface area contributed by atoms with Crippen LogP contribution in [0.5, 0.6) is 0 Å². The van der Waals surface area contributed by atoms with Gasteiger partial charge < -0.3 is 11.1 Å². The van der Waals surface area contributed by atoms with Crippen LogP contribution < -0.4 is 11.1 Å². The zero-order chi connectivity index (χ0) is 29.7. The van der Waals surface area contributed by atoms with E-state index in [0.717, 1.165) is 57.9 Å². The second-order valence-electron chi connectivity index (χ2n) is 10.3. The Bertz CT molecular complexity index is 1550. The molecule has 0 amide bonds. The van der Waals surface area contributed by atoms with Crippen LogP contribution in [-0.2, 0) is 0 Å². The van der Waals surface area contributed by atoms with E-state index in [1.807, 2.05) is 38.2 Å². The molecule has 0 spiro atoms. The van der Waals surface area contributed by atoms with Crippen molar-refractivity contribution < 1.29 is 0 Å². The summed E-state index contributed by atoms with van der Waals surface area (Å²) in [5.74, 6) is 0. The first-order valence-electron chi connectivity index (χ1n) is 14.7. The summed E-state index contributed by atoms with van der Waals surface area (Å²) < 4.78 is 0. The summed E-state index contributed by atoms with van der Waals surface area (Å²) in [5, 5.41) is 3.22. The summed E-state index contributed by atoms with van der Waals surface area (Å²) in [6, 6.07) is 26.9. The van der Waals surface area contributed by atoms with E-state index in [1.165, 1.54) is 11.1 Å². The highest BCUT2D eigenvalue weighted by molar-refractivity contribution is 6.53. The van der Waals surface area contributed by atoms with Gasteiger partial charge in [0, 0.05) is 29.5 Å². The third-order valence-corrected chi connectivity index (χ3v) is 7.20. The van der Waals surface area contributed by atoms with Crippen molar-refractivity contribution in [3.05, 3.63) is 149 Å². The number of rotatable bonds is 11. The van der Waals surface area contributed by atoms with Gasteiger partial charge in [0.2, 0.25) is 0 Å². The van der Waals surface area contributed by atoms with Crippen LogP contribution in [0.15, 0.2) is 143 Å². The average molecular weight is 555 g/mol. The molecule has 4 nitrogen and oxygen atoms in total. The van der Waals surface area contributed by atoms with E-state index >= 15 is 0 Å². The van der Waals surface area contributed by atoms with Crippen molar-refractivity contribution in [2.45, 2.75) is 39.7 Å². The molecule has 4 rings (SSSR count). The first-order chi connectivity index (χ1) is 20.5. The molecule has 3 aromatic rings. The lowest BCUT2D eigenvalue weighted by Gasteiger charge is -2.17. The standard InChI is InChI=1S/C38H42N4/c1-5-14-29(15-6-2)27-41-37(32-18-11-8-12-19-32)38(42-28(3)30-16-9-7-10-17-30)33-21-13-20-31(22-23-33)35-26-34(40-4)24-25-36(35)39/h5,7-20,22-26,28,40H,6,21,27,39H2,1-4H3/b14-5-,29-15+,41-37?,42-38?. The van der Waals surface area contributed by atoms with E-state index in [0.29, 0.717) is 6.54 Å². The van der Waals surface area contributed by atoms with Crippen molar-refractivity contribution in [3.8, 4) is 0 Å². The minimum absolute atomic E-state index is 0.0455. The van der Waals surface area contributed by atoms with Crippen molar-refractivity contribution >= 4 is 28.4 Å². The summed E-state index contributed by atoms with van der Waals surface area (Å²) in [6.45, 7) is 6.94. The zero-order valence-electron chi connectivity index (χ0n) is 25.2. The van der Waals surface area contributed by atoms with Gasteiger partial charge >= 0.3 is 0 Å². The van der Waals surface area contributed by atoms with E-state index < -0.39 is 0 Å². The van der Waals surface area contributed by atoms with Gasteiger partial charge in [-0.15, -0.1) is 0 Å². The van der Waals surface area contributed by atoms with Gasteiger partial charge in [0.05, 0.1) is 24.0 Å². The topological polar surface area (TPSA) is 62.8 Å². The Labute approximate surface area is 251 Å². The van der Waals surface area contributed by atoms with E-state index in [2.05, 4.69) is 116 Å². The summed E-state index contributed by atoms with van der Waals surface area (Å²) in [6.07, 6.45) is 16.8. The summed E-state index contributed by atoms with van der Waals surface area (Å²) in [5.41, 5.74) is 16.6. The number of allylic oxidation sites excluding steroid dienone is 8. The van der Waals surface area contributed by atoms with E-state index in [4.69, 9.17) is 15.7 Å². The van der Waals surface area contributed by atoms with Gasteiger partial charge in [-0.2, -0.15) is 0 Å². The fourth-order valence-electron chi connectivity index (χ4n) is 4.97. The Morgan fingerprint density at radius 3 is 2.40 bits per heavy atom. The summed E-state index contributed by atoms with van der Waals surface area (Å²) in [4.78, 5) is 10.6. The van der Waals surface area contributed by atoms with Crippen molar-refractivity contribution in [3.63, 3.8) is 0 Å². The highest BCUT2D eigenvalue weighted by Crippen LogP contribution is 2.29. The molecule has 3 aromatic carbocycles. The Morgan fingerprint density at radius 1 is 0.976 bits per heavy atom. The molecule has 0 heterocycles. The van der Waals surface area contributed by atoms with Gasteiger partial charge in [0.15, 0.2) is 0 Å². The maximum atomic E-state index is 6.42. The van der Waals surface area contributed by atoms with E-state index in [-0.39, 0.29) is 6.04 Å². The van der Waals surface area contributed by atoms with Gasteiger partial charge in [-0.05, 0) is 67.2 Å². The van der Waals surface area contributed by atoms with Crippen molar-refractivity contribution in [2.24, 2.45) is 9.98 Å². The molecule has 3 N–H and O–H groups in total. The molecule has 1 unspecified atom stereocenters. The minimum atomic E-state index is -0.0455. The highest BCUT2D eigenvalue weighted by Gasteiger charge is 2.19. The van der Waals surface area contributed by atoms with Crippen LogP contribution in [0.4, 0.5) is 11.4 Å². The van der Waals surface area contributed by atoms with Crippen molar-refractivity contribution in [1.82, 2.24) is 0 Å². The van der Waals surface area contributed by atoms with Crippen LogP contribution >= 0.6 is 0 Å². The number of nitrogens with two attached hydrogens (primary N) is 1. The molecule has 0 radical (unpaired) electrons. The van der Waals surface area contributed by atoms with Crippen LogP contribution in [0.2, 0.25) is 0 Å². The van der Waals surface area contributed by atoms with Crippen LogP contribution in [-0.4, -0.2) is 25.0 Å². The first kappa shape index (κ1) is 30.3. The Hall–Kier alpha value is -4.70. The summed E-state index contributed by atoms with van der Waals surface area (Å²) >= 11 is 0. The number of hydrogen-bond donors (Lipinski definition) is 2. The highest BCUT2D eigenvalue weighted by atomic mass is 14.8. The van der Waals surface area contributed by atoms with Crippen molar-refractivity contribution in [1.29, 1.82) is 0 Å². The number of hydrogen-bond acceptors (Lipinski definition) is 4. The monoisotopic (exact) mass is 554 g/mol. The molecule has 4 heteroatoms. The second-order valence-corrected chi connectivity index (χ2v) is 10.3. The predicted octanol–water partition coefficient (Wildman–Crippen LogP) is 9.18. The smallest absolute Gasteiger partial charge is 0.0905 e. The maximum Gasteiger partial charge on any atom is 0.0905 e. The van der Waals surface area contributed by atoms with E-state index in [9.17, 15) is 0 Å². The molecule has 0 aromatic heterocycles. The van der Waals surface area contributed by atoms with Crippen molar-refractivity contribution in [2.75, 3.05) is 24.6 Å². The fourth-order valence-corrected chi connectivity index (χ4v) is 4.97. The normalized spacial score (nSPS) is 15.3. The molecule has 1 atom stereocenters. The van der Waals surface area contributed by atoms with Gasteiger partial charge in [-0.25, -0.2) is 0 Å². The number of nitrogens with zero attached hydrogens (tertiary/aromatic N) is 2. The number of benzene rings is 3. The summed E-state index contributed by atoms with van der Waals surface area (Å²) in [7, 11) is 1.92. The molecule has 0 aliphatic heterocycles. The van der Waals surface area contributed by atoms with Gasteiger partial charge in [-0.3, -0.25) is 9.98 Å². The lowest BCUT2D eigenvalue weighted by atomic mass is 9.96. The second kappa shape index (κ2) is 15.3. The third-order valence-electron chi connectivity index (χ3n) is 7.20. The maximum absolute atomic E-state index is 6.42. The third kappa shape index (κ3) is 7.94.